The SMILES string of the molecule is c1ccc(-c2ccc(-c3ccccc3-c3ccccc3)c(-c3ccccc3N(c3ccc(-c4ccc5ccccc5c4)cc3)c3cccc4oc5ccccc5c34)c2)cc1. The van der Waals surface area contributed by atoms with Crippen LogP contribution < -0.4 is 4.90 Å². The molecule has 11 aromatic rings. The summed E-state index contributed by atoms with van der Waals surface area (Å²) in [5.74, 6) is 0. The van der Waals surface area contributed by atoms with Crippen LogP contribution in [0.4, 0.5) is 17.1 Å². The van der Waals surface area contributed by atoms with E-state index in [4.69, 9.17) is 4.42 Å². The summed E-state index contributed by atoms with van der Waals surface area (Å²) in [4.78, 5) is 2.42. The normalized spacial score (nSPS) is 11.3. The third kappa shape index (κ3) is 6.32. The Kier molecular flexibility index (Phi) is 8.87. The standard InChI is InChI=1S/C58H39NO/c1-3-16-40(17-4-1)46-34-37-50(49-23-10-9-22-48(49)43-19-5-2-6-20-43)53(39-46)51-24-11-13-26-54(51)59(55-27-15-29-57-58(55)52-25-12-14-28-56(52)60-57)47-35-32-42(33-36-47)45-31-30-41-18-7-8-21-44(41)38-45/h1-39H. The van der Waals surface area contributed by atoms with Crippen LogP contribution >= 0.6 is 0 Å². The number of benzene rings is 10. The van der Waals surface area contributed by atoms with Crippen molar-refractivity contribution in [1.82, 2.24) is 0 Å². The molecular weight excluding hydrogens is 727 g/mol. The summed E-state index contributed by atoms with van der Waals surface area (Å²) in [6.07, 6.45) is 0. The van der Waals surface area contributed by atoms with Crippen LogP contribution in [0.3, 0.4) is 0 Å². The van der Waals surface area contributed by atoms with Crippen molar-refractivity contribution in [2.75, 3.05) is 4.90 Å². The minimum absolute atomic E-state index is 0.854. The highest BCUT2D eigenvalue weighted by Crippen LogP contribution is 2.49. The summed E-state index contributed by atoms with van der Waals surface area (Å²) >= 11 is 0. The van der Waals surface area contributed by atoms with Crippen LogP contribution in [-0.2, 0) is 0 Å². The van der Waals surface area contributed by atoms with Gasteiger partial charge >= 0.3 is 0 Å². The number of furan rings is 1. The molecule has 2 heteroatoms. The highest BCUT2D eigenvalue weighted by Gasteiger charge is 2.24. The fourth-order valence-corrected chi connectivity index (χ4v) is 8.82. The topological polar surface area (TPSA) is 16.4 Å². The van der Waals surface area contributed by atoms with Crippen LogP contribution in [0.1, 0.15) is 0 Å². The van der Waals surface area contributed by atoms with Gasteiger partial charge < -0.3 is 9.32 Å². The molecule has 0 aliphatic rings. The zero-order valence-corrected chi connectivity index (χ0v) is 32.9. The van der Waals surface area contributed by atoms with Crippen molar-refractivity contribution in [1.29, 1.82) is 0 Å². The number of fused-ring (bicyclic) bond motifs is 4. The van der Waals surface area contributed by atoms with Crippen LogP contribution in [-0.4, -0.2) is 0 Å². The van der Waals surface area contributed by atoms with E-state index in [0.29, 0.717) is 0 Å². The Morgan fingerprint density at radius 3 is 1.65 bits per heavy atom. The molecule has 1 heterocycles. The minimum Gasteiger partial charge on any atom is -0.456 e. The largest absolute Gasteiger partial charge is 0.456 e. The first kappa shape index (κ1) is 35.2. The Bertz CT molecular complexity index is 3310. The summed E-state index contributed by atoms with van der Waals surface area (Å²) in [7, 11) is 0. The van der Waals surface area contributed by atoms with E-state index in [1.54, 1.807) is 0 Å². The number of para-hydroxylation sites is 2. The summed E-state index contributed by atoms with van der Waals surface area (Å²) in [6.45, 7) is 0. The highest BCUT2D eigenvalue weighted by atomic mass is 16.3. The van der Waals surface area contributed by atoms with Gasteiger partial charge in [-0.15, -0.1) is 0 Å². The maximum atomic E-state index is 6.51. The molecule has 0 saturated carbocycles. The van der Waals surface area contributed by atoms with E-state index < -0.39 is 0 Å². The molecule has 1 aromatic heterocycles. The third-order valence-electron chi connectivity index (χ3n) is 11.7. The number of anilines is 3. The summed E-state index contributed by atoms with van der Waals surface area (Å²) in [5.41, 5.74) is 16.6. The van der Waals surface area contributed by atoms with E-state index in [0.717, 1.165) is 55.7 Å². The maximum Gasteiger partial charge on any atom is 0.137 e. The second-order valence-corrected chi connectivity index (χ2v) is 15.2. The van der Waals surface area contributed by atoms with E-state index in [1.807, 2.05) is 6.07 Å². The Labute approximate surface area is 349 Å². The molecular formula is C58H39NO. The van der Waals surface area contributed by atoms with Gasteiger partial charge in [-0.3, -0.25) is 0 Å². The van der Waals surface area contributed by atoms with Gasteiger partial charge in [-0.2, -0.15) is 0 Å². The van der Waals surface area contributed by atoms with Gasteiger partial charge in [0.15, 0.2) is 0 Å². The second kappa shape index (κ2) is 15.1. The molecule has 282 valence electrons. The molecule has 0 N–H and O–H groups in total. The van der Waals surface area contributed by atoms with Crippen molar-refractivity contribution >= 4 is 49.8 Å². The quantitative estimate of drug-likeness (QED) is 0.153. The molecule has 0 aliphatic carbocycles. The fourth-order valence-electron chi connectivity index (χ4n) is 8.82. The van der Waals surface area contributed by atoms with Gasteiger partial charge in [-0.1, -0.05) is 188 Å². The van der Waals surface area contributed by atoms with Gasteiger partial charge in [-0.05, 0) is 109 Å². The lowest BCUT2D eigenvalue weighted by molar-refractivity contribution is 0.669. The van der Waals surface area contributed by atoms with Gasteiger partial charge in [0, 0.05) is 16.6 Å². The summed E-state index contributed by atoms with van der Waals surface area (Å²) in [5, 5.41) is 4.63. The van der Waals surface area contributed by atoms with Crippen LogP contribution in [0.25, 0.3) is 88.3 Å². The van der Waals surface area contributed by atoms with Crippen molar-refractivity contribution in [2.45, 2.75) is 0 Å². The molecule has 0 radical (unpaired) electrons. The van der Waals surface area contributed by atoms with Crippen LogP contribution in [0, 0.1) is 0 Å². The van der Waals surface area contributed by atoms with Gasteiger partial charge in [0.2, 0.25) is 0 Å². The zero-order chi connectivity index (χ0) is 39.8. The monoisotopic (exact) mass is 765 g/mol. The molecule has 0 spiro atoms. The van der Waals surface area contributed by atoms with Crippen LogP contribution in [0.2, 0.25) is 0 Å². The Balaban J connectivity index is 1.16. The lowest BCUT2D eigenvalue weighted by atomic mass is 9.86. The number of nitrogens with zero attached hydrogens (tertiary/aromatic N) is 1. The van der Waals surface area contributed by atoms with Gasteiger partial charge in [0.1, 0.15) is 11.2 Å². The molecule has 0 bridgehead atoms. The molecule has 0 saturated heterocycles. The molecule has 11 rings (SSSR count). The first-order chi connectivity index (χ1) is 29.8. The maximum absolute atomic E-state index is 6.51. The Morgan fingerprint density at radius 2 is 0.833 bits per heavy atom. The highest BCUT2D eigenvalue weighted by molar-refractivity contribution is 6.14. The molecule has 2 nitrogen and oxygen atoms in total. The first-order valence-electron chi connectivity index (χ1n) is 20.5. The zero-order valence-electron chi connectivity index (χ0n) is 32.9. The predicted molar refractivity (Wildman–Crippen MR) is 253 cm³/mol. The average molecular weight is 766 g/mol. The Morgan fingerprint density at radius 1 is 0.283 bits per heavy atom. The summed E-state index contributed by atoms with van der Waals surface area (Å²) < 4.78 is 6.51. The molecule has 0 unspecified atom stereocenters. The van der Waals surface area contributed by atoms with Crippen molar-refractivity contribution in [2.24, 2.45) is 0 Å². The smallest absolute Gasteiger partial charge is 0.137 e. The van der Waals surface area contributed by atoms with Crippen LogP contribution in [0.15, 0.2) is 241 Å². The lowest BCUT2D eigenvalue weighted by Crippen LogP contribution is -2.12. The molecule has 0 fully saturated rings. The minimum atomic E-state index is 0.854. The summed E-state index contributed by atoms with van der Waals surface area (Å²) in [6, 6.07) is 85.0. The van der Waals surface area contributed by atoms with Crippen molar-refractivity contribution < 1.29 is 4.42 Å². The van der Waals surface area contributed by atoms with Crippen molar-refractivity contribution in [3.63, 3.8) is 0 Å². The van der Waals surface area contributed by atoms with E-state index in [2.05, 4.69) is 235 Å². The molecule has 0 amide bonds. The fraction of sp³-hybridized carbons (Fsp3) is 0. The van der Waals surface area contributed by atoms with Crippen LogP contribution in [0.5, 0.6) is 0 Å². The molecule has 0 aliphatic heterocycles. The first-order valence-corrected chi connectivity index (χ1v) is 20.5. The van der Waals surface area contributed by atoms with Gasteiger partial charge in [0.05, 0.1) is 16.8 Å². The van der Waals surface area contributed by atoms with E-state index in [1.165, 1.54) is 49.7 Å². The number of rotatable bonds is 8. The Hall–Kier alpha value is -7.94. The van der Waals surface area contributed by atoms with Gasteiger partial charge in [-0.25, -0.2) is 0 Å². The molecule has 0 atom stereocenters. The predicted octanol–water partition coefficient (Wildman–Crippen LogP) is 16.5. The average Bonchev–Trinajstić information content (AvgIpc) is 3.72. The number of hydrogen-bond acceptors (Lipinski definition) is 2. The third-order valence-corrected chi connectivity index (χ3v) is 11.7. The molecule has 60 heavy (non-hydrogen) atoms. The van der Waals surface area contributed by atoms with Crippen molar-refractivity contribution in [3.8, 4) is 55.6 Å². The van der Waals surface area contributed by atoms with E-state index in [-0.39, 0.29) is 0 Å². The van der Waals surface area contributed by atoms with E-state index in [9.17, 15) is 0 Å². The second-order valence-electron chi connectivity index (χ2n) is 15.2. The number of hydrogen-bond donors (Lipinski definition) is 0. The lowest BCUT2D eigenvalue weighted by Gasteiger charge is -2.29. The molecule has 10 aromatic carbocycles. The van der Waals surface area contributed by atoms with Gasteiger partial charge in [0.25, 0.3) is 0 Å². The van der Waals surface area contributed by atoms with E-state index >= 15 is 0 Å². The van der Waals surface area contributed by atoms with Crippen molar-refractivity contribution in [3.05, 3.63) is 237 Å².